The first kappa shape index (κ1) is 24.7. The van der Waals surface area contributed by atoms with E-state index >= 15 is 4.39 Å². The molecule has 4 amide bonds. The first-order valence-electron chi connectivity index (χ1n) is 11.5. The minimum atomic E-state index is -4.54. The van der Waals surface area contributed by atoms with Gasteiger partial charge in [-0.1, -0.05) is 12.1 Å². The number of amides is 4. The van der Waals surface area contributed by atoms with E-state index < -0.39 is 59.7 Å². The van der Waals surface area contributed by atoms with Crippen LogP contribution < -0.4 is 10.6 Å². The molecule has 0 spiro atoms. The van der Waals surface area contributed by atoms with Gasteiger partial charge in [0.05, 0.1) is 18.1 Å². The van der Waals surface area contributed by atoms with Gasteiger partial charge in [-0.15, -0.1) is 0 Å². The lowest BCUT2D eigenvalue weighted by Gasteiger charge is -2.36. The first-order chi connectivity index (χ1) is 17.5. The molecule has 10 nitrogen and oxygen atoms in total. The van der Waals surface area contributed by atoms with Crippen molar-refractivity contribution >= 4 is 23.8 Å². The van der Waals surface area contributed by atoms with Crippen LogP contribution in [0.5, 0.6) is 0 Å². The van der Waals surface area contributed by atoms with E-state index in [0.29, 0.717) is 5.56 Å². The Morgan fingerprint density at radius 1 is 1.22 bits per heavy atom. The predicted molar refractivity (Wildman–Crippen MR) is 115 cm³/mol. The molecule has 2 N–H and O–H groups in total. The summed E-state index contributed by atoms with van der Waals surface area (Å²) in [5, 5.41) is 4.57. The summed E-state index contributed by atoms with van der Waals surface area (Å²) >= 11 is 0. The number of rotatable bonds is 5. The number of alkyl carbamates (subject to hydrolysis) is 1. The molecule has 3 aliphatic rings. The Labute approximate surface area is 207 Å². The van der Waals surface area contributed by atoms with Crippen molar-refractivity contribution < 1.29 is 41.5 Å². The van der Waals surface area contributed by atoms with Crippen molar-refractivity contribution in [3.63, 3.8) is 0 Å². The molecule has 2 aromatic rings. The van der Waals surface area contributed by atoms with E-state index in [0.717, 1.165) is 17.1 Å². The number of alkyl halides is 3. The van der Waals surface area contributed by atoms with Crippen LogP contribution in [-0.2, 0) is 33.6 Å². The maximum atomic E-state index is 15.2. The first-order valence-corrected chi connectivity index (χ1v) is 11.5. The number of aromatic nitrogens is 2. The highest BCUT2D eigenvalue weighted by molar-refractivity contribution is 6.05. The number of piperidine rings is 1. The monoisotopic (exact) mass is 523 g/mol. The Hall–Kier alpha value is -3.97. The number of hydrogen-bond acceptors (Lipinski definition) is 6. The minimum absolute atomic E-state index is 0.0168. The SMILES string of the molecule is O=C1CCC(N2Cc3ccc(CNC(=O)OC4CC(n5cncc5C(F)(F)F)C4)c(F)c3C2=O)C(=O)N1. The second-order valence-electron chi connectivity index (χ2n) is 9.16. The van der Waals surface area contributed by atoms with Gasteiger partial charge in [0, 0.05) is 44.0 Å². The van der Waals surface area contributed by atoms with Crippen LogP contribution in [-0.4, -0.2) is 50.4 Å². The molecule has 0 radical (unpaired) electrons. The molecule has 5 rings (SSSR count). The van der Waals surface area contributed by atoms with Crippen LogP contribution in [0.1, 0.15) is 58.9 Å². The lowest BCUT2D eigenvalue weighted by Crippen LogP contribution is -2.52. The van der Waals surface area contributed by atoms with E-state index in [-0.39, 0.29) is 49.9 Å². The highest BCUT2D eigenvalue weighted by Gasteiger charge is 2.42. The lowest BCUT2D eigenvalue weighted by atomic mass is 9.89. The zero-order valence-electron chi connectivity index (χ0n) is 19.2. The second-order valence-corrected chi connectivity index (χ2v) is 9.16. The summed E-state index contributed by atoms with van der Waals surface area (Å²) in [4.78, 5) is 53.3. The van der Waals surface area contributed by atoms with Gasteiger partial charge in [0.25, 0.3) is 5.91 Å². The number of imidazole rings is 1. The number of carbonyl (C=O) groups excluding carboxylic acids is 4. The van der Waals surface area contributed by atoms with Gasteiger partial charge in [-0.2, -0.15) is 13.2 Å². The third kappa shape index (κ3) is 4.62. The predicted octanol–water partition coefficient (Wildman–Crippen LogP) is 2.43. The molecule has 2 fully saturated rings. The zero-order chi connectivity index (χ0) is 26.5. The van der Waals surface area contributed by atoms with Crippen LogP contribution in [0.3, 0.4) is 0 Å². The molecular weight excluding hydrogens is 502 g/mol. The molecule has 1 saturated carbocycles. The molecule has 14 heteroatoms. The van der Waals surface area contributed by atoms with E-state index in [1.54, 1.807) is 0 Å². The van der Waals surface area contributed by atoms with Crippen LogP contribution in [0.4, 0.5) is 22.4 Å². The van der Waals surface area contributed by atoms with Gasteiger partial charge < -0.3 is 19.5 Å². The topological polar surface area (TPSA) is 123 Å². The van der Waals surface area contributed by atoms with Gasteiger partial charge in [0.15, 0.2) is 0 Å². The Kier molecular flexibility index (Phi) is 6.12. The van der Waals surface area contributed by atoms with Crippen molar-refractivity contribution in [2.75, 3.05) is 0 Å². The number of benzene rings is 1. The van der Waals surface area contributed by atoms with Gasteiger partial charge in [-0.3, -0.25) is 19.7 Å². The molecule has 3 heterocycles. The van der Waals surface area contributed by atoms with E-state index in [9.17, 15) is 32.3 Å². The number of ether oxygens (including phenoxy) is 1. The number of nitrogens with one attached hydrogen (secondary N) is 2. The Bertz CT molecular complexity index is 1290. The third-order valence-corrected chi connectivity index (χ3v) is 6.83. The van der Waals surface area contributed by atoms with Gasteiger partial charge >= 0.3 is 12.3 Å². The number of carbonyl (C=O) groups is 4. The van der Waals surface area contributed by atoms with E-state index in [1.165, 1.54) is 17.0 Å². The molecule has 196 valence electrons. The standard InChI is InChI=1S/C23H21F4N5O5/c24-19-11(1-2-12-9-31(21(35)18(12)19)15-3-4-17(33)30-20(15)34)7-29-22(36)37-14-5-13(6-14)32-10-28-8-16(32)23(25,26)27/h1-2,8,10,13-15H,3-7,9H2,(H,29,36)(H,30,33,34). The Morgan fingerprint density at radius 2 is 1.97 bits per heavy atom. The van der Waals surface area contributed by atoms with Crippen molar-refractivity contribution in [1.82, 2.24) is 25.1 Å². The quantitative estimate of drug-likeness (QED) is 0.459. The van der Waals surface area contributed by atoms with Crippen molar-refractivity contribution in [1.29, 1.82) is 0 Å². The van der Waals surface area contributed by atoms with E-state index in [2.05, 4.69) is 15.6 Å². The maximum absolute atomic E-state index is 15.2. The summed E-state index contributed by atoms with van der Waals surface area (Å²) in [5.41, 5.74) is -0.663. The van der Waals surface area contributed by atoms with Gasteiger partial charge in [0.1, 0.15) is 23.7 Å². The molecule has 0 bridgehead atoms. The summed E-state index contributed by atoms with van der Waals surface area (Å²) in [6.45, 7) is -0.275. The second kappa shape index (κ2) is 9.16. The largest absolute Gasteiger partial charge is 0.446 e. The average Bonchev–Trinajstić information content (AvgIpc) is 3.41. The molecule has 1 atom stereocenters. The molecule has 2 aliphatic heterocycles. The summed E-state index contributed by atoms with van der Waals surface area (Å²) in [7, 11) is 0. The maximum Gasteiger partial charge on any atom is 0.433 e. The normalized spacial score (nSPS) is 23.4. The van der Waals surface area contributed by atoms with E-state index in [1.807, 2.05) is 0 Å². The van der Waals surface area contributed by atoms with Crippen LogP contribution in [0.2, 0.25) is 0 Å². The van der Waals surface area contributed by atoms with Gasteiger partial charge in [-0.25, -0.2) is 14.2 Å². The summed E-state index contributed by atoms with van der Waals surface area (Å²) in [6.07, 6.45) is -3.64. The molecule has 1 unspecified atom stereocenters. The van der Waals surface area contributed by atoms with Crippen LogP contribution in [0.25, 0.3) is 0 Å². The van der Waals surface area contributed by atoms with Crippen molar-refractivity contribution in [3.05, 3.63) is 52.9 Å². The third-order valence-electron chi connectivity index (χ3n) is 6.83. The number of fused-ring (bicyclic) bond motifs is 1. The summed E-state index contributed by atoms with van der Waals surface area (Å²) in [5.74, 6) is -2.55. The zero-order valence-corrected chi connectivity index (χ0v) is 19.2. The summed E-state index contributed by atoms with van der Waals surface area (Å²) < 4.78 is 60.4. The molecular formula is C23H21F4N5O5. The van der Waals surface area contributed by atoms with Crippen LogP contribution >= 0.6 is 0 Å². The molecule has 1 aliphatic carbocycles. The number of imide groups is 1. The fourth-order valence-electron chi connectivity index (χ4n) is 4.83. The highest BCUT2D eigenvalue weighted by Crippen LogP contribution is 2.39. The van der Waals surface area contributed by atoms with Crippen LogP contribution in [0, 0.1) is 5.82 Å². The fraction of sp³-hybridized carbons (Fsp3) is 0.435. The van der Waals surface area contributed by atoms with Gasteiger partial charge in [-0.05, 0) is 12.0 Å². The summed E-state index contributed by atoms with van der Waals surface area (Å²) in [6, 6.07) is 1.55. The van der Waals surface area contributed by atoms with Crippen molar-refractivity contribution in [2.24, 2.45) is 0 Å². The van der Waals surface area contributed by atoms with Crippen LogP contribution in [0.15, 0.2) is 24.7 Å². The smallest absolute Gasteiger partial charge is 0.433 e. The molecule has 1 aromatic carbocycles. The van der Waals surface area contributed by atoms with Crippen molar-refractivity contribution in [2.45, 2.75) is 63.1 Å². The molecule has 1 saturated heterocycles. The Morgan fingerprint density at radius 3 is 2.68 bits per heavy atom. The average molecular weight is 523 g/mol. The highest BCUT2D eigenvalue weighted by atomic mass is 19.4. The number of halogens is 4. The Balaban J connectivity index is 1.15. The lowest BCUT2D eigenvalue weighted by molar-refractivity contribution is -0.146. The van der Waals surface area contributed by atoms with Crippen molar-refractivity contribution in [3.8, 4) is 0 Å². The van der Waals surface area contributed by atoms with Gasteiger partial charge in [0.2, 0.25) is 11.8 Å². The fourth-order valence-corrected chi connectivity index (χ4v) is 4.83. The molecule has 37 heavy (non-hydrogen) atoms. The number of hydrogen-bond donors (Lipinski definition) is 2. The molecule has 1 aromatic heterocycles. The minimum Gasteiger partial charge on any atom is -0.446 e. The van der Waals surface area contributed by atoms with E-state index in [4.69, 9.17) is 4.74 Å². The number of nitrogens with zero attached hydrogens (tertiary/aromatic N) is 3.